The SMILES string of the molecule is COc1csc(C(=O)N2CCC(OCCBr)CC2)c1. The van der Waals surface area contributed by atoms with Crippen LogP contribution in [0.1, 0.15) is 22.5 Å². The largest absolute Gasteiger partial charge is 0.496 e. The number of carbonyl (C=O) groups excluding carboxylic acids is 1. The van der Waals surface area contributed by atoms with Gasteiger partial charge in [0.2, 0.25) is 0 Å². The Morgan fingerprint density at radius 3 is 2.84 bits per heavy atom. The highest BCUT2D eigenvalue weighted by atomic mass is 79.9. The highest BCUT2D eigenvalue weighted by Crippen LogP contribution is 2.24. The van der Waals surface area contributed by atoms with E-state index in [0.717, 1.165) is 48.5 Å². The second kappa shape index (κ2) is 7.26. The molecule has 1 aliphatic heterocycles. The number of thiophene rings is 1. The maximum atomic E-state index is 12.3. The first-order chi connectivity index (χ1) is 9.24. The molecule has 1 amide bonds. The van der Waals surface area contributed by atoms with Crippen LogP contribution in [0.5, 0.6) is 5.75 Å². The van der Waals surface area contributed by atoms with Crippen molar-refractivity contribution in [3.05, 3.63) is 16.3 Å². The van der Waals surface area contributed by atoms with E-state index in [4.69, 9.17) is 9.47 Å². The standard InChI is InChI=1S/C13H18BrNO3S/c1-17-11-8-12(19-9-11)13(16)15-5-2-10(3-6-15)18-7-4-14/h8-10H,2-7H2,1H3. The average Bonchev–Trinajstić information content (AvgIpc) is 2.94. The smallest absolute Gasteiger partial charge is 0.264 e. The highest BCUT2D eigenvalue weighted by molar-refractivity contribution is 9.09. The Labute approximate surface area is 125 Å². The average molecular weight is 348 g/mol. The number of likely N-dealkylation sites (tertiary alicyclic amines) is 1. The zero-order valence-corrected chi connectivity index (χ0v) is 13.3. The van der Waals surface area contributed by atoms with Crippen LogP contribution < -0.4 is 4.74 Å². The summed E-state index contributed by atoms with van der Waals surface area (Å²) in [5.74, 6) is 0.858. The molecular formula is C13H18BrNO3S. The third kappa shape index (κ3) is 3.94. The number of methoxy groups -OCH3 is 1. The van der Waals surface area contributed by atoms with Crippen LogP contribution in [0, 0.1) is 0 Å². The van der Waals surface area contributed by atoms with Crippen LogP contribution in [0.3, 0.4) is 0 Å². The van der Waals surface area contributed by atoms with Gasteiger partial charge in [-0.25, -0.2) is 0 Å². The number of piperidine rings is 1. The lowest BCUT2D eigenvalue weighted by atomic mass is 10.1. The fourth-order valence-electron chi connectivity index (χ4n) is 2.13. The number of carbonyl (C=O) groups is 1. The molecule has 0 saturated carbocycles. The molecule has 19 heavy (non-hydrogen) atoms. The molecule has 0 aromatic carbocycles. The molecule has 0 aliphatic carbocycles. The molecule has 0 N–H and O–H groups in total. The molecule has 2 heterocycles. The van der Waals surface area contributed by atoms with Crippen molar-refractivity contribution in [1.82, 2.24) is 4.90 Å². The van der Waals surface area contributed by atoms with Crippen LogP contribution >= 0.6 is 27.3 Å². The number of alkyl halides is 1. The van der Waals surface area contributed by atoms with Crippen molar-refractivity contribution in [2.75, 3.05) is 32.1 Å². The molecule has 0 atom stereocenters. The van der Waals surface area contributed by atoms with Gasteiger partial charge in [-0.05, 0) is 12.8 Å². The van der Waals surface area contributed by atoms with E-state index in [1.54, 1.807) is 13.2 Å². The van der Waals surface area contributed by atoms with Gasteiger partial charge in [0.15, 0.2) is 0 Å². The van der Waals surface area contributed by atoms with Gasteiger partial charge in [-0.15, -0.1) is 11.3 Å². The van der Waals surface area contributed by atoms with Crippen molar-refractivity contribution in [3.63, 3.8) is 0 Å². The summed E-state index contributed by atoms with van der Waals surface area (Å²) in [6.45, 7) is 2.28. The fourth-order valence-corrected chi connectivity index (χ4v) is 3.14. The number of hydrogen-bond donors (Lipinski definition) is 0. The zero-order chi connectivity index (χ0) is 13.7. The third-order valence-electron chi connectivity index (χ3n) is 3.18. The summed E-state index contributed by atoms with van der Waals surface area (Å²) in [4.78, 5) is 14.9. The van der Waals surface area contributed by atoms with E-state index in [2.05, 4.69) is 15.9 Å². The number of hydrogen-bond acceptors (Lipinski definition) is 4. The van der Waals surface area contributed by atoms with Crippen molar-refractivity contribution < 1.29 is 14.3 Å². The topological polar surface area (TPSA) is 38.8 Å². The van der Waals surface area contributed by atoms with Gasteiger partial charge in [-0.1, -0.05) is 15.9 Å². The molecule has 1 aliphatic rings. The Bertz CT molecular complexity index is 416. The minimum Gasteiger partial charge on any atom is -0.496 e. The molecule has 6 heteroatoms. The molecule has 0 spiro atoms. The van der Waals surface area contributed by atoms with E-state index in [-0.39, 0.29) is 5.91 Å². The van der Waals surface area contributed by atoms with Gasteiger partial charge in [0.05, 0.1) is 24.7 Å². The summed E-state index contributed by atoms with van der Waals surface area (Å²) in [6, 6.07) is 1.81. The predicted molar refractivity (Wildman–Crippen MR) is 79.5 cm³/mol. The van der Waals surface area contributed by atoms with Crippen molar-refractivity contribution in [3.8, 4) is 5.75 Å². The summed E-state index contributed by atoms with van der Waals surface area (Å²) in [6.07, 6.45) is 2.13. The van der Waals surface area contributed by atoms with Crippen LogP contribution in [0.15, 0.2) is 11.4 Å². The van der Waals surface area contributed by atoms with E-state index in [0.29, 0.717) is 6.10 Å². The van der Waals surface area contributed by atoms with E-state index in [1.165, 1.54) is 11.3 Å². The quantitative estimate of drug-likeness (QED) is 0.768. The van der Waals surface area contributed by atoms with Crippen molar-refractivity contribution in [2.45, 2.75) is 18.9 Å². The van der Waals surface area contributed by atoms with Crippen LogP contribution in [-0.2, 0) is 4.74 Å². The molecule has 1 aromatic rings. The summed E-state index contributed by atoms with van der Waals surface area (Å²) in [7, 11) is 1.61. The number of nitrogens with zero attached hydrogens (tertiary/aromatic N) is 1. The number of amides is 1. The molecule has 2 rings (SSSR count). The number of ether oxygens (including phenoxy) is 2. The molecule has 0 radical (unpaired) electrons. The normalized spacial score (nSPS) is 16.6. The summed E-state index contributed by atoms with van der Waals surface area (Å²) in [5, 5.41) is 2.72. The molecule has 4 nitrogen and oxygen atoms in total. The first-order valence-electron chi connectivity index (χ1n) is 6.34. The van der Waals surface area contributed by atoms with Crippen molar-refractivity contribution in [1.29, 1.82) is 0 Å². The Morgan fingerprint density at radius 1 is 1.53 bits per heavy atom. The van der Waals surface area contributed by atoms with E-state index >= 15 is 0 Å². The second-order valence-corrected chi connectivity index (χ2v) is 6.11. The number of rotatable bonds is 5. The monoisotopic (exact) mass is 347 g/mol. The van der Waals surface area contributed by atoms with Crippen LogP contribution in [0.4, 0.5) is 0 Å². The van der Waals surface area contributed by atoms with E-state index < -0.39 is 0 Å². The Morgan fingerprint density at radius 2 is 2.26 bits per heavy atom. The van der Waals surface area contributed by atoms with Gasteiger partial charge >= 0.3 is 0 Å². The molecule has 1 aromatic heterocycles. The van der Waals surface area contributed by atoms with Crippen LogP contribution in [0.25, 0.3) is 0 Å². The fraction of sp³-hybridized carbons (Fsp3) is 0.615. The van der Waals surface area contributed by atoms with Gasteiger partial charge in [0, 0.05) is 29.9 Å². The molecule has 0 bridgehead atoms. The minimum absolute atomic E-state index is 0.104. The molecule has 0 unspecified atom stereocenters. The number of halogens is 1. The highest BCUT2D eigenvalue weighted by Gasteiger charge is 2.24. The maximum absolute atomic E-state index is 12.3. The minimum atomic E-state index is 0.104. The zero-order valence-electron chi connectivity index (χ0n) is 10.9. The molecule has 1 fully saturated rings. The summed E-state index contributed by atoms with van der Waals surface area (Å²) >= 11 is 4.79. The van der Waals surface area contributed by atoms with Gasteiger partial charge in [-0.3, -0.25) is 4.79 Å². The maximum Gasteiger partial charge on any atom is 0.264 e. The third-order valence-corrected chi connectivity index (χ3v) is 4.40. The molecule has 106 valence electrons. The predicted octanol–water partition coefficient (Wildman–Crippen LogP) is 2.77. The first kappa shape index (κ1) is 14.8. The van der Waals surface area contributed by atoms with Crippen LogP contribution in [-0.4, -0.2) is 49.0 Å². The Balaban J connectivity index is 1.85. The van der Waals surface area contributed by atoms with Crippen LogP contribution in [0.2, 0.25) is 0 Å². The van der Waals surface area contributed by atoms with E-state index in [9.17, 15) is 4.79 Å². The van der Waals surface area contributed by atoms with Gasteiger partial charge < -0.3 is 14.4 Å². The van der Waals surface area contributed by atoms with Gasteiger partial charge in [0.25, 0.3) is 5.91 Å². The van der Waals surface area contributed by atoms with Crippen molar-refractivity contribution >= 4 is 33.2 Å². The lowest BCUT2D eigenvalue weighted by Crippen LogP contribution is -2.40. The first-order valence-corrected chi connectivity index (χ1v) is 8.34. The molecule has 1 saturated heterocycles. The Hall–Kier alpha value is -0.590. The van der Waals surface area contributed by atoms with Gasteiger partial charge in [0.1, 0.15) is 5.75 Å². The van der Waals surface area contributed by atoms with E-state index in [1.807, 2.05) is 10.3 Å². The second-order valence-electron chi connectivity index (χ2n) is 4.40. The van der Waals surface area contributed by atoms with Crippen molar-refractivity contribution in [2.24, 2.45) is 0 Å². The Kier molecular flexibility index (Phi) is 5.66. The summed E-state index contributed by atoms with van der Waals surface area (Å²) in [5.41, 5.74) is 0. The van der Waals surface area contributed by atoms with Gasteiger partial charge in [-0.2, -0.15) is 0 Å². The molecular weight excluding hydrogens is 330 g/mol. The summed E-state index contributed by atoms with van der Waals surface area (Å²) < 4.78 is 10.8. The lowest BCUT2D eigenvalue weighted by Gasteiger charge is -2.31. The lowest BCUT2D eigenvalue weighted by molar-refractivity contribution is 0.0161.